The van der Waals surface area contributed by atoms with Crippen LogP contribution in [0.2, 0.25) is 0 Å². The average Bonchev–Trinajstić information content (AvgIpc) is 2.63. The monoisotopic (exact) mass is 431 g/mol. The smallest absolute Gasteiger partial charge is 0.274 e. The molecule has 0 saturated carbocycles. The van der Waals surface area contributed by atoms with Crippen LogP contribution in [0.1, 0.15) is 24.0 Å². The molecule has 1 aliphatic rings. The van der Waals surface area contributed by atoms with Gasteiger partial charge in [0, 0.05) is 23.6 Å². The van der Waals surface area contributed by atoms with Crippen LogP contribution >= 0.6 is 15.9 Å². The van der Waals surface area contributed by atoms with E-state index in [4.69, 9.17) is 0 Å². The lowest BCUT2D eigenvalue weighted by Crippen LogP contribution is -2.40. The number of benzene rings is 2. The van der Waals surface area contributed by atoms with Gasteiger partial charge in [-0.25, -0.2) is 0 Å². The van der Waals surface area contributed by atoms with Crippen LogP contribution in [0.25, 0.3) is 0 Å². The highest BCUT2D eigenvalue weighted by Crippen LogP contribution is 2.27. The number of carbonyl (C=O) groups is 1. The minimum atomic E-state index is -0.425. The maximum absolute atomic E-state index is 12.7. The normalized spacial score (nSPS) is 17.5. The number of rotatable bonds is 5. The Morgan fingerprint density at radius 2 is 2.11 bits per heavy atom. The van der Waals surface area contributed by atoms with Crippen molar-refractivity contribution in [2.45, 2.75) is 26.3 Å². The van der Waals surface area contributed by atoms with Crippen molar-refractivity contribution >= 4 is 33.2 Å². The fourth-order valence-electron chi connectivity index (χ4n) is 3.50. The zero-order valence-corrected chi connectivity index (χ0v) is 16.7. The summed E-state index contributed by atoms with van der Waals surface area (Å²) < 4.78 is 1.05. The molecule has 7 heteroatoms. The van der Waals surface area contributed by atoms with Gasteiger partial charge in [-0.15, -0.1) is 0 Å². The molecule has 1 aliphatic heterocycles. The zero-order chi connectivity index (χ0) is 19.4. The Hall–Kier alpha value is -2.25. The molecule has 1 amide bonds. The molecule has 1 saturated heterocycles. The number of amides is 1. The molecule has 1 N–H and O–H groups in total. The van der Waals surface area contributed by atoms with Gasteiger partial charge in [0.1, 0.15) is 0 Å². The molecular weight excluding hydrogens is 410 g/mol. The minimum absolute atomic E-state index is 0.0210. The van der Waals surface area contributed by atoms with E-state index in [1.165, 1.54) is 11.6 Å². The Bertz CT molecular complexity index is 856. The number of nitro groups is 1. The molecule has 1 heterocycles. The first kappa shape index (κ1) is 19.5. The van der Waals surface area contributed by atoms with E-state index in [1.807, 2.05) is 12.1 Å². The average molecular weight is 432 g/mol. The molecule has 0 aromatic heterocycles. The molecule has 3 rings (SSSR count). The molecule has 1 fully saturated rings. The molecule has 2 aromatic carbocycles. The van der Waals surface area contributed by atoms with Crippen molar-refractivity contribution in [3.8, 4) is 0 Å². The lowest BCUT2D eigenvalue weighted by molar-refractivity contribution is -0.385. The van der Waals surface area contributed by atoms with Gasteiger partial charge in [-0.2, -0.15) is 0 Å². The second kappa shape index (κ2) is 8.63. The minimum Gasteiger partial charge on any atom is -0.325 e. The van der Waals surface area contributed by atoms with E-state index in [-0.39, 0.29) is 17.5 Å². The third-order valence-electron chi connectivity index (χ3n) is 4.93. The molecule has 2 aromatic rings. The first-order valence-corrected chi connectivity index (χ1v) is 9.75. The maximum atomic E-state index is 12.7. The van der Waals surface area contributed by atoms with Crippen molar-refractivity contribution < 1.29 is 9.72 Å². The molecule has 1 atom stereocenters. The van der Waals surface area contributed by atoms with Crippen LogP contribution in [0.5, 0.6) is 0 Å². The summed E-state index contributed by atoms with van der Waals surface area (Å²) >= 11 is 3.49. The van der Waals surface area contributed by atoms with E-state index in [0.717, 1.165) is 30.4 Å². The van der Waals surface area contributed by atoms with Crippen LogP contribution in [0.4, 0.5) is 11.4 Å². The van der Waals surface area contributed by atoms with E-state index >= 15 is 0 Å². The van der Waals surface area contributed by atoms with Crippen LogP contribution in [0.15, 0.2) is 46.9 Å². The van der Waals surface area contributed by atoms with Crippen molar-refractivity contribution in [1.29, 1.82) is 0 Å². The lowest BCUT2D eigenvalue weighted by Gasteiger charge is -2.32. The summed E-state index contributed by atoms with van der Waals surface area (Å²) in [4.78, 5) is 25.7. The largest absolute Gasteiger partial charge is 0.325 e. The summed E-state index contributed by atoms with van der Waals surface area (Å²) in [5.74, 6) is -0.192. The second-order valence-electron chi connectivity index (χ2n) is 6.90. The Morgan fingerprint density at radius 1 is 1.33 bits per heavy atom. The first-order valence-electron chi connectivity index (χ1n) is 8.95. The van der Waals surface area contributed by atoms with Gasteiger partial charge in [-0.3, -0.25) is 19.8 Å². The van der Waals surface area contributed by atoms with Crippen molar-refractivity contribution in [1.82, 2.24) is 4.90 Å². The van der Waals surface area contributed by atoms with Crippen molar-refractivity contribution in [3.05, 3.63) is 68.2 Å². The number of hydrogen-bond donors (Lipinski definition) is 1. The van der Waals surface area contributed by atoms with Crippen LogP contribution in [-0.4, -0.2) is 28.8 Å². The molecule has 142 valence electrons. The van der Waals surface area contributed by atoms with E-state index < -0.39 is 4.92 Å². The summed E-state index contributed by atoms with van der Waals surface area (Å²) in [6, 6.07) is 12.9. The lowest BCUT2D eigenvalue weighted by atomic mass is 9.96. The Morgan fingerprint density at radius 3 is 2.85 bits per heavy atom. The molecular formula is C20H22BrN3O3. The van der Waals surface area contributed by atoms with Gasteiger partial charge in [0.15, 0.2) is 0 Å². The SMILES string of the molecule is Cc1c(NC(=O)C2CCCN(Cc3cccc(Br)c3)C2)cccc1[N+](=O)[O-]. The van der Waals surface area contributed by atoms with E-state index in [1.54, 1.807) is 19.1 Å². The molecule has 0 radical (unpaired) electrons. The highest BCUT2D eigenvalue weighted by Gasteiger charge is 2.26. The summed E-state index contributed by atoms with van der Waals surface area (Å²) in [6.07, 6.45) is 1.79. The molecule has 0 spiro atoms. The van der Waals surface area contributed by atoms with Gasteiger partial charge in [-0.05, 0) is 50.1 Å². The van der Waals surface area contributed by atoms with Crippen LogP contribution in [0.3, 0.4) is 0 Å². The third kappa shape index (κ3) is 4.93. The van der Waals surface area contributed by atoms with Gasteiger partial charge >= 0.3 is 0 Å². The fraction of sp³-hybridized carbons (Fsp3) is 0.350. The quantitative estimate of drug-likeness (QED) is 0.557. The Balaban J connectivity index is 1.65. The van der Waals surface area contributed by atoms with Crippen LogP contribution < -0.4 is 5.32 Å². The molecule has 0 aliphatic carbocycles. The first-order chi connectivity index (χ1) is 12.9. The van der Waals surface area contributed by atoms with Crippen LogP contribution in [0, 0.1) is 23.0 Å². The van der Waals surface area contributed by atoms with Crippen molar-refractivity contribution in [2.75, 3.05) is 18.4 Å². The molecule has 27 heavy (non-hydrogen) atoms. The zero-order valence-electron chi connectivity index (χ0n) is 15.2. The van der Waals surface area contributed by atoms with Gasteiger partial charge in [-0.1, -0.05) is 34.1 Å². The van der Waals surface area contributed by atoms with E-state index in [2.05, 4.69) is 38.3 Å². The standard InChI is InChI=1S/C20H22BrN3O3/c1-14-18(8-3-9-19(14)24(26)27)22-20(25)16-6-4-10-23(13-16)12-15-5-2-7-17(21)11-15/h2-3,5,7-9,11,16H,4,6,10,12-13H2,1H3,(H,22,25). The highest BCUT2D eigenvalue weighted by atomic mass is 79.9. The number of anilines is 1. The summed E-state index contributed by atoms with van der Waals surface area (Å²) in [6.45, 7) is 4.12. The number of carbonyl (C=O) groups excluding carboxylic acids is 1. The number of nitrogens with one attached hydrogen (secondary N) is 1. The predicted octanol–water partition coefficient (Wildman–Crippen LogP) is 4.52. The maximum Gasteiger partial charge on any atom is 0.274 e. The highest BCUT2D eigenvalue weighted by molar-refractivity contribution is 9.10. The summed E-state index contributed by atoms with van der Waals surface area (Å²) in [5, 5.41) is 14.0. The number of likely N-dealkylation sites (tertiary alicyclic amines) is 1. The predicted molar refractivity (Wildman–Crippen MR) is 109 cm³/mol. The number of nitro benzene ring substituents is 1. The topological polar surface area (TPSA) is 75.5 Å². The molecule has 0 bridgehead atoms. The van der Waals surface area contributed by atoms with Crippen LogP contribution in [-0.2, 0) is 11.3 Å². The Kier molecular flexibility index (Phi) is 6.23. The second-order valence-corrected chi connectivity index (χ2v) is 7.82. The Labute approximate surface area is 166 Å². The van der Waals surface area contributed by atoms with Crippen molar-refractivity contribution in [2.24, 2.45) is 5.92 Å². The third-order valence-corrected chi connectivity index (χ3v) is 5.42. The van der Waals surface area contributed by atoms with Gasteiger partial charge < -0.3 is 5.32 Å². The fourth-order valence-corrected chi connectivity index (χ4v) is 3.94. The van der Waals surface area contributed by atoms with Crippen molar-refractivity contribution in [3.63, 3.8) is 0 Å². The van der Waals surface area contributed by atoms with E-state index in [0.29, 0.717) is 17.8 Å². The molecule has 6 nitrogen and oxygen atoms in total. The van der Waals surface area contributed by atoms with Gasteiger partial charge in [0.25, 0.3) is 5.69 Å². The number of nitrogens with zero attached hydrogens (tertiary/aromatic N) is 2. The van der Waals surface area contributed by atoms with Gasteiger partial charge in [0.05, 0.1) is 22.1 Å². The summed E-state index contributed by atoms with van der Waals surface area (Å²) in [5.41, 5.74) is 2.23. The number of hydrogen-bond acceptors (Lipinski definition) is 4. The molecule has 1 unspecified atom stereocenters. The summed E-state index contributed by atoms with van der Waals surface area (Å²) in [7, 11) is 0. The van der Waals surface area contributed by atoms with E-state index in [9.17, 15) is 14.9 Å². The van der Waals surface area contributed by atoms with Gasteiger partial charge in [0.2, 0.25) is 5.91 Å². The number of halogens is 1. The number of piperidine rings is 1.